The number of aryl methyl sites for hydroxylation is 1. The molecule has 0 saturated carbocycles. The van der Waals surface area contributed by atoms with Gasteiger partial charge in [-0.2, -0.15) is 5.10 Å². The number of likely N-dealkylation sites (tertiary alicyclic amines) is 1. The van der Waals surface area contributed by atoms with E-state index in [1.165, 1.54) is 12.8 Å². The van der Waals surface area contributed by atoms with Crippen LogP contribution in [0.2, 0.25) is 0 Å². The van der Waals surface area contributed by atoms with E-state index >= 15 is 0 Å². The lowest BCUT2D eigenvalue weighted by Gasteiger charge is -2.25. The first-order chi connectivity index (χ1) is 9.58. The molecule has 21 heavy (non-hydrogen) atoms. The summed E-state index contributed by atoms with van der Waals surface area (Å²) in [5.41, 5.74) is 2.70. The van der Waals surface area contributed by atoms with E-state index in [4.69, 9.17) is 4.99 Å². The molecule has 2 rings (SSSR count). The van der Waals surface area contributed by atoms with Crippen LogP contribution >= 0.6 is 24.0 Å². The minimum atomic E-state index is 0. The normalized spacial score (nSPS) is 22.3. The molecular weight excluding hydrogens is 377 g/mol. The molecule has 1 fully saturated rings. The van der Waals surface area contributed by atoms with Gasteiger partial charge in [-0.25, -0.2) is 4.99 Å². The zero-order chi connectivity index (χ0) is 14.6. The molecular formula is C15H28IN5. The molecule has 2 N–H and O–H groups in total. The number of guanidine groups is 1. The lowest BCUT2D eigenvalue weighted by atomic mass is 9.87. The average molecular weight is 405 g/mol. The summed E-state index contributed by atoms with van der Waals surface area (Å²) in [6, 6.07) is 0. The van der Waals surface area contributed by atoms with Crippen LogP contribution in [-0.2, 0) is 6.54 Å². The first kappa shape index (κ1) is 18.3. The maximum atomic E-state index is 4.77. The van der Waals surface area contributed by atoms with Crippen molar-refractivity contribution in [3.63, 3.8) is 0 Å². The molecule has 1 unspecified atom stereocenters. The summed E-state index contributed by atoms with van der Waals surface area (Å²) in [7, 11) is 0. The van der Waals surface area contributed by atoms with Crippen molar-refractivity contribution in [2.24, 2.45) is 10.4 Å². The number of halogens is 1. The van der Waals surface area contributed by atoms with Gasteiger partial charge in [0.1, 0.15) is 0 Å². The fourth-order valence-electron chi connectivity index (χ4n) is 2.61. The van der Waals surface area contributed by atoms with Crippen LogP contribution in [0.5, 0.6) is 0 Å². The third-order valence-corrected chi connectivity index (χ3v) is 4.38. The van der Waals surface area contributed by atoms with Crippen LogP contribution in [0.15, 0.2) is 11.2 Å². The number of aromatic amines is 1. The number of nitrogens with one attached hydrogen (secondary N) is 2. The van der Waals surface area contributed by atoms with Gasteiger partial charge in [-0.3, -0.25) is 5.10 Å². The highest BCUT2D eigenvalue weighted by Gasteiger charge is 2.33. The van der Waals surface area contributed by atoms with E-state index in [0.29, 0.717) is 12.0 Å². The zero-order valence-corrected chi connectivity index (χ0v) is 15.9. The summed E-state index contributed by atoms with van der Waals surface area (Å²) in [6.07, 6.45) is 4.34. The van der Waals surface area contributed by atoms with E-state index in [-0.39, 0.29) is 24.0 Å². The van der Waals surface area contributed by atoms with Crippen molar-refractivity contribution in [3.8, 4) is 0 Å². The van der Waals surface area contributed by atoms with E-state index in [1.807, 2.05) is 13.1 Å². The van der Waals surface area contributed by atoms with E-state index in [0.717, 1.165) is 36.9 Å². The van der Waals surface area contributed by atoms with Crippen LogP contribution < -0.4 is 5.32 Å². The van der Waals surface area contributed by atoms with E-state index in [9.17, 15) is 0 Å². The molecule has 1 aliphatic heterocycles. The van der Waals surface area contributed by atoms with Crippen LogP contribution in [0.25, 0.3) is 0 Å². The molecule has 0 aliphatic carbocycles. The Morgan fingerprint density at radius 2 is 2.29 bits per heavy atom. The Morgan fingerprint density at radius 3 is 2.81 bits per heavy atom. The number of rotatable bonds is 4. The highest BCUT2D eigenvalue weighted by molar-refractivity contribution is 14.0. The van der Waals surface area contributed by atoms with Crippen molar-refractivity contribution in [2.45, 2.75) is 47.1 Å². The number of aliphatic imine (C=N–C) groups is 1. The van der Waals surface area contributed by atoms with Crippen LogP contribution in [0, 0.1) is 12.3 Å². The van der Waals surface area contributed by atoms with E-state index in [2.05, 4.69) is 41.2 Å². The molecule has 120 valence electrons. The number of aromatic nitrogens is 2. The summed E-state index contributed by atoms with van der Waals surface area (Å²) in [5, 5.41) is 10.4. The molecule has 0 spiro atoms. The van der Waals surface area contributed by atoms with Gasteiger partial charge in [-0.15, -0.1) is 24.0 Å². The van der Waals surface area contributed by atoms with Gasteiger partial charge in [0, 0.05) is 30.9 Å². The predicted molar refractivity (Wildman–Crippen MR) is 98.1 cm³/mol. The van der Waals surface area contributed by atoms with Crippen LogP contribution in [0.3, 0.4) is 0 Å². The fourth-order valence-corrected chi connectivity index (χ4v) is 2.61. The van der Waals surface area contributed by atoms with Crippen molar-refractivity contribution in [1.82, 2.24) is 20.4 Å². The van der Waals surface area contributed by atoms with Gasteiger partial charge in [-0.1, -0.05) is 13.8 Å². The lowest BCUT2D eigenvalue weighted by molar-refractivity contribution is 0.322. The largest absolute Gasteiger partial charge is 0.357 e. The maximum Gasteiger partial charge on any atom is 0.194 e. The minimum absolute atomic E-state index is 0. The van der Waals surface area contributed by atoms with E-state index < -0.39 is 0 Å². The first-order valence-electron chi connectivity index (χ1n) is 7.60. The summed E-state index contributed by atoms with van der Waals surface area (Å²) in [5.74, 6) is 1.03. The minimum Gasteiger partial charge on any atom is -0.357 e. The summed E-state index contributed by atoms with van der Waals surface area (Å²) < 4.78 is 0. The maximum absolute atomic E-state index is 4.77. The molecule has 1 aromatic rings. The smallest absolute Gasteiger partial charge is 0.194 e. The van der Waals surface area contributed by atoms with Crippen LogP contribution in [-0.4, -0.2) is 40.7 Å². The van der Waals surface area contributed by atoms with Crippen LogP contribution in [0.4, 0.5) is 0 Å². The van der Waals surface area contributed by atoms with Gasteiger partial charge in [0.05, 0.1) is 12.7 Å². The molecule has 1 atom stereocenters. The van der Waals surface area contributed by atoms with Gasteiger partial charge in [-0.05, 0) is 32.1 Å². The summed E-state index contributed by atoms with van der Waals surface area (Å²) in [4.78, 5) is 7.16. The van der Waals surface area contributed by atoms with Gasteiger partial charge in [0.25, 0.3) is 0 Å². The van der Waals surface area contributed by atoms with Gasteiger partial charge in [0.2, 0.25) is 0 Å². The van der Waals surface area contributed by atoms with Crippen molar-refractivity contribution in [1.29, 1.82) is 0 Å². The Morgan fingerprint density at radius 1 is 1.52 bits per heavy atom. The first-order valence-corrected chi connectivity index (χ1v) is 7.60. The summed E-state index contributed by atoms with van der Waals surface area (Å²) in [6.45, 7) is 12.6. The third-order valence-electron chi connectivity index (χ3n) is 4.38. The van der Waals surface area contributed by atoms with Gasteiger partial charge < -0.3 is 10.2 Å². The number of nitrogens with zero attached hydrogens (tertiary/aromatic N) is 3. The highest BCUT2D eigenvalue weighted by Crippen LogP contribution is 2.32. The van der Waals surface area contributed by atoms with E-state index in [1.54, 1.807) is 0 Å². The molecule has 2 heterocycles. The van der Waals surface area contributed by atoms with Crippen molar-refractivity contribution >= 4 is 29.9 Å². The topological polar surface area (TPSA) is 56.3 Å². The quantitative estimate of drug-likeness (QED) is 0.460. The third kappa shape index (κ3) is 4.59. The Bertz CT molecular complexity index is 470. The Kier molecular flexibility index (Phi) is 6.96. The molecule has 0 aromatic carbocycles. The van der Waals surface area contributed by atoms with Crippen molar-refractivity contribution in [2.75, 3.05) is 19.6 Å². The summed E-state index contributed by atoms with van der Waals surface area (Å²) >= 11 is 0. The second-order valence-electron chi connectivity index (χ2n) is 6.03. The monoisotopic (exact) mass is 405 g/mol. The molecule has 5 nitrogen and oxygen atoms in total. The van der Waals surface area contributed by atoms with Crippen molar-refractivity contribution < 1.29 is 0 Å². The lowest BCUT2D eigenvalue weighted by Crippen LogP contribution is -2.41. The van der Waals surface area contributed by atoms with Crippen LogP contribution in [0.1, 0.15) is 44.9 Å². The molecule has 1 aliphatic rings. The molecule has 0 radical (unpaired) electrons. The SMILES string of the molecule is CCNC(=NCc1cn[nH]c1C)N1CCC(C)(CC)C1.I. The number of hydrogen-bond acceptors (Lipinski definition) is 2. The number of H-pyrrole nitrogens is 1. The average Bonchev–Trinajstić information content (AvgIpc) is 3.02. The highest BCUT2D eigenvalue weighted by atomic mass is 127. The molecule has 0 bridgehead atoms. The number of hydrogen-bond donors (Lipinski definition) is 2. The zero-order valence-electron chi connectivity index (χ0n) is 13.6. The second-order valence-corrected chi connectivity index (χ2v) is 6.03. The molecule has 0 amide bonds. The predicted octanol–water partition coefficient (Wildman–Crippen LogP) is 2.92. The Hall–Kier alpha value is -0.790. The molecule has 1 saturated heterocycles. The second kappa shape index (κ2) is 8.00. The molecule has 6 heteroatoms. The Labute approximate surface area is 145 Å². The fraction of sp³-hybridized carbons (Fsp3) is 0.733. The van der Waals surface area contributed by atoms with Crippen molar-refractivity contribution in [3.05, 3.63) is 17.5 Å². The Balaban J connectivity index is 0.00000220. The van der Waals surface area contributed by atoms with Gasteiger partial charge in [0.15, 0.2) is 5.96 Å². The standard InChI is InChI=1S/C15H27N5.HI/c1-5-15(4)7-8-20(11-15)14(16-6-2)17-9-13-10-18-19-12(13)3;/h10H,5-9,11H2,1-4H3,(H,16,17)(H,18,19);1H. The molecule has 1 aromatic heterocycles. The van der Waals surface area contributed by atoms with Gasteiger partial charge >= 0.3 is 0 Å².